The van der Waals surface area contributed by atoms with E-state index in [1.54, 1.807) is 13.8 Å². The molecule has 20 heavy (non-hydrogen) atoms. The van der Waals surface area contributed by atoms with E-state index in [0.717, 1.165) is 0 Å². The highest BCUT2D eigenvalue weighted by atomic mass is 79.9. The average molecular weight is 349 g/mol. The maximum absolute atomic E-state index is 11.9. The van der Waals surface area contributed by atoms with Crippen LogP contribution in [0.2, 0.25) is 0 Å². The molecule has 0 spiro atoms. The fourth-order valence-corrected chi connectivity index (χ4v) is 3.11. The van der Waals surface area contributed by atoms with Crippen LogP contribution in [-0.2, 0) is 28.6 Å². The van der Waals surface area contributed by atoms with Crippen molar-refractivity contribution < 1.29 is 33.7 Å². The maximum Gasteiger partial charge on any atom is 0.322 e. The Labute approximate surface area is 122 Å². The Kier molecular flexibility index (Phi) is 2.88. The minimum absolute atomic E-state index is 0.553. The number of rotatable bonds is 3. The fraction of sp³-hybridized carbons (Fsp3) is 0.750. The van der Waals surface area contributed by atoms with Gasteiger partial charge in [0.15, 0.2) is 12.2 Å². The summed E-state index contributed by atoms with van der Waals surface area (Å²) in [4.78, 5) is 35.0. The van der Waals surface area contributed by atoms with Crippen molar-refractivity contribution in [3.63, 3.8) is 0 Å². The number of ether oxygens (including phenoxy) is 3. The highest BCUT2D eigenvalue weighted by Gasteiger charge is 2.71. The number of carboxylic acid groups (broad SMARTS) is 1. The molecule has 1 N–H and O–H groups in total. The quantitative estimate of drug-likeness (QED) is 0.570. The van der Waals surface area contributed by atoms with E-state index in [4.69, 9.17) is 14.2 Å². The lowest BCUT2D eigenvalue weighted by molar-refractivity contribution is -0.163. The zero-order valence-corrected chi connectivity index (χ0v) is 12.3. The van der Waals surface area contributed by atoms with E-state index in [0.29, 0.717) is 0 Å². The second-order valence-electron chi connectivity index (χ2n) is 5.70. The van der Waals surface area contributed by atoms with Gasteiger partial charge < -0.3 is 19.3 Å². The smallest absolute Gasteiger partial charge is 0.322 e. The Morgan fingerprint density at radius 3 is 2.50 bits per heavy atom. The molecule has 0 saturated carbocycles. The predicted molar refractivity (Wildman–Crippen MR) is 66.0 cm³/mol. The molecule has 0 aromatic carbocycles. The molecule has 8 heteroatoms. The first kappa shape index (κ1) is 13.8. The SMILES string of the molecule is CC(C)(Br)C(=O)OC1C2OC(=O)C3C2OC1C3C(=O)O. The number of esters is 2. The number of fused-ring (bicyclic) bond motifs is 1. The Bertz CT molecular complexity index is 497. The van der Waals surface area contributed by atoms with Gasteiger partial charge in [-0.2, -0.15) is 0 Å². The van der Waals surface area contributed by atoms with Crippen molar-refractivity contribution in [2.75, 3.05) is 0 Å². The molecule has 3 saturated heterocycles. The number of hydrogen-bond acceptors (Lipinski definition) is 6. The van der Waals surface area contributed by atoms with Gasteiger partial charge in [0, 0.05) is 0 Å². The highest BCUT2D eigenvalue weighted by molar-refractivity contribution is 9.10. The van der Waals surface area contributed by atoms with Gasteiger partial charge in [-0.05, 0) is 13.8 Å². The standard InChI is InChI=1S/C12H13BrO7/c1-12(2,13)11(17)20-8-5-3(9(14)15)4-6(18-5)7(8)19-10(4)16/h3-8H,1-2H3,(H,14,15). The number of alkyl halides is 1. The van der Waals surface area contributed by atoms with Crippen LogP contribution in [0.5, 0.6) is 0 Å². The third-order valence-electron chi connectivity index (χ3n) is 3.92. The molecule has 6 atom stereocenters. The van der Waals surface area contributed by atoms with Crippen LogP contribution in [0.4, 0.5) is 0 Å². The second-order valence-corrected chi connectivity index (χ2v) is 7.68. The Morgan fingerprint density at radius 2 is 1.95 bits per heavy atom. The first-order valence-electron chi connectivity index (χ1n) is 6.20. The first-order chi connectivity index (χ1) is 9.21. The summed E-state index contributed by atoms with van der Waals surface area (Å²) in [6.07, 6.45) is -3.04. The van der Waals surface area contributed by atoms with Crippen LogP contribution in [-0.4, -0.2) is 51.8 Å². The van der Waals surface area contributed by atoms with E-state index >= 15 is 0 Å². The molecular weight excluding hydrogens is 336 g/mol. The van der Waals surface area contributed by atoms with Crippen LogP contribution in [0.3, 0.4) is 0 Å². The van der Waals surface area contributed by atoms with E-state index in [-0.39, 0.29) is 0 Å². The molecule has 6 unspecified atom stereocenters. The number of carbonyl (C=O) groups is 3. The normalized spacial score (nSPS) is 41.6. The molecule has 0 aromatic rings. The second kappa shape index (κ2) is 4.17. The molecule has 3 heterocycles. The van der Waals surface area contributed by atoms with Gasteiger partial charge in [0.25, 0.3) is 0 Å². The summed E-state index contributed by atoms with van der Waals surface area (Å²) in [6, 6.07) is 0. The monoisotopic (exact) mass is 348 g/mol. The number of aliphatic carboxylic acids is 1. The van der Waals surface area contributed by atoms with Crippen molar-refractivity contribution >= 4 is 33.8 Å². The van der Waals surface area contributed by atoms with Gasteiger partial charge in [-0.25, -0.2) is 0 Å². The summed E-state index contributed by atoms with van der Waals surface area (Å²) >= 11 is 3.17. The summed E-state index contributed by atoms with van der Waals surface area (Å²) in [5.74, 6) is -4.11. The highest BCUT2D eigenvalue weighted by Crippen LogP contribution is 2.51. The van der Waals surface area contributed by atoms with Crippen molar-refractivity contribution in [2.45, 2.75) is 42.6 Å². The lowest BCUT2D eigenvalue weighted by atomic mass is 9.78. The molecular formula is C12H13BrO7. The van der Waals surface area contributed by atoms with Crippen LogP contribution >= 0.6 is 15.9 Å². The molecule has 7 nitrogen and oxygen atoms in total. The third-order valence-corrected chi connectivity index (χ3v) is 4.24. The van der Waals surface area contributed by atoms with Crippen LogP contribution in [0.25, 0.3) is 0 Å². The van der Waals surface area contributed by atoms with E-state index in [1.165, 1.54) is 0 Å². The summed E-state index contributed by atoms with van der Waals surface area (Å²) < 4.78 is 15.0. The molecule has 0 aromatic heterocycles. The van der Waals surface area contributed by atoms with Gasteiger partial charge in [-0.1, -0.05) is 15.9 Å². The molecule has 3 fully saturated rings. The topological polar surface area (TPSA) is 99.1 Å². The Hall–Kier alpha value is -1.15. The van der Waals surface area contributed by atoms with Crippen molar-refractivity contribution in [2.24, 2.45) is 11.8 Å². The van der Waals surface area contributed by atoms with Crippen LogP contribution < -0.4 is 0 Å². The molecule has 3 rings (SSSR count). The van der Waals surface area contributed by atoms with E-state index < -0.39 is 58.5 Å². The average Bonchev–Trinajstić information content (AvgIpc) is 2.90. The summed E-state index contributed by atoms with van der Waals surface area (Å²) in [7, 11) is 0. The minimum atomic E-state index is -1.14. The number of carbonyl (C=O) groups excluding carboxylic acids is 2. The molecule has 0 aliphatic carbocycles. The molecule has 3 aliphatic heterocycles. The van der Waals surface area contributed by atoms with Crippen molar-refractivity contribution in [3.8, 4) is 0 Å². The molecule has 0 amide bonds. The molecule has 110 valence electrons. The van der Waals surface area contributed by atoms with Gasteiger partial charge >= 0.3 is 17.9 Å². The van der Waals surface area contributed by atoms with Crippen molar-refractivity contribution in [1.29, 1.82) is 0 Å². The van der Waals surface area contributed by atoms with E-state index in [9.17, 15) is 19.5 Å². The summed E-state index contributed by atoms with van der Waals surface area (Å²) in [5.41, 5.74) is 0. The van der Waals surface area contributed by atoms with Crippen LogP contribution in [0.15, 0.2) is 0 Å². The third kappa shape index (κ3) is 1.77. The maximum atomic E-state index is 11.9. The lowest BCUT2D eigenvalue weighted by Gasteiger charge is -2.28. The van der Waals surface area contributed by atoms with Crippen LogP contribution in [0, 0.1) is 11.8 Å². The van der Waals surface area contributed by atoms with E-state index in [2.05, 4.69) is 15.9 Å². The Morgan fingerprint density at radius 1 is 1.30 bits per heavy atom. The van der Waals surface area contributed by atoms with Crippen molar-refractivity contribution in [3.05, 3.63) is 0 Å². The van der Waals surface area contributed by atoms with Gasteiger partial charge in [-0.3, -0.25) is 14.4 Å². The Balaban J connectivity index is 1.86. The number of carboxylic acids is 1. The number of hydrogen-bond donors (Lipinski definition) is 1. The molecule has 0 radical (unpaired) electrons. The van der Waals surface area contributed by atoms with Crippen LogP contribution in [0.1, 0.15) is 13.8 Å². The van der Waals surface area contributed by atoms with Gasteiger partial charge in [0.2, 0.25) is 0 Å². The molecule has 2 bridgehead atoms. The fourth-order valence-electron chi connectivity index (χ4n) is 3.02. The largest absolute Gasteiger partial charge is 0.481 e. The molecule has 3 aliphatic rings. The first-order valence-corrected chi connectivity index (χ1v) is 7.00. The zero-order valence-electron chi connectivity index (χ0n) is 10.7. The van der Waals surface area contributed by atoms with Crippen molar-refractivity contribution in [1.82, 2.24) is 0 Å². The van der Waals surface area contributed by atoms with Gasteiger partial charge in [0.1, 0.15) is 28.4 Å². The van der Waals surface area contributed by atoms with Gasteiger partial charge in [-0.15, -0.1) is 0 Å². The number of halogens is 1. The summed E-state index contributed by atoms with van der Waals surface area (Å²) in [6.45, 7) is 3.23. The van der Waals surface area contributed by atoms with E-state index in [1.807, 2.05) is 0 Å². The summed E-state index contributed by atoms with van der Waals surface area (Å²) in [5, 5.41) is 9.25. The predicted octanol–water partition coefficient (Wildman–Crippen LogP) is 0.0951. The zero-order chi connectivity index (χ0) is 14.8. The van der Waals surface area contributed by atoms with Gasteiger partial charge in [0.05, 0.1) is 0 Å². The lowest BCUT2D eigenvalue weighted by Crippen LogP contribution is -2.48. The minimum Gasteiger partial charge on any atom is -0.481 e.